The number of rotatable bonds is 5. The highest BCUT2D eigenvalue weighted by Crippen LogP contribution is 2.47. The quantitative estimate of drug-likeness (QED) is 0.758. The maximum absolute atomic E-state index is 13.5. The number of hydrogen-bond donors (Lipinski definition) is 1. The van der Waals surface area contributed by atoms with Crippen LogP contribution in [0.1, 0.15) is 64.2 Å². The van der Waals surface area contributed by atoms with Gasteiger partial charge in [-0.1, -0.05) is 23.9 Å². The average Bonchev–Trinajstić information content (AvgIpc) is 3.61. The van der Waals surface area contributed by atoms with E-state index in [-0.39, 0.29) is 17.1 Å². The predicted molar refractivity (Wildman–Crippen MR) is 112 cm³/mol. The zero-order valence-electron chi connectivity index (χ0n) is 16.9. The van der Waals surface area contributed by atoms with Gasteiger partial charge in [0.15, 0.2) is 5.16 Å². The summed E-state index contributed by atoms with van der Waals surface area (Å²) in [6.07, 6.45) is 4.66. The Morgan fingerprint density at radius 2 is 1.93 bits per heavy atom. The van der Waals surface area contributed by atoms with E-state index in [4.69, 9.17) is 0 Å². The largest absolute Gasteiger partial charge is 0.322 e. The smallest absolute Gasteiger partial charge is 0.250 e. The van der Waals surface area contributed by atoms with Crippen molar-refractivity contribution in [2.24, 2.45) is 0 Å². The van der Waals surface area contributed by atoms with E-state index in [2.05, 4.69) is 20.1 Å². The van der Waals surface area contributed by atoms with Crippen LogP contribution in [0.2, 0.25) is 0 Å². The highest BCUT2D eigenvalue weighted by Gasteiger charge is 2.45. The summed E-state index contributed by atoms with van der Waals surface area (Å²) in [4.78, 5) is 27.9. The molecule has 3 aliphatic rings. The molecule has 0 spiro atoms. The molecule has 1 unspecified atom stereocenters. The topological polar surface area (TPSA) is 80.1 Å². The van der Waals surface area contributed by atoms with Crippen LogP contribution in [-0.4, -0.2) is 37.4 Å². The third-order valence-corrected chi connectivity index (χ3v) is 6.95. The number of hydrogen-bond acceptors (Lipinski definition) is 5. The minimum Gasteiger partial charge on any atom is -0.322 e. The Labute approximate surface area is 174 Å². The summed E-state index contributed by atoms with van der Waals surface area (Å²) < 4.78 is 2.26. The van der Waals surface area contributed by atoms with Crippen molar-refractivity contribution in [3.05, 3.63) is 30.1 Å². The van der Waals surface area contributed by atoms with Gasteiger partial charge in [0.05, 0.1) is 16.6 Å². The first-order chi connectivity index (χ1) is 13.9. The van der Waals surface area contributed by atoms with E-state index in [1.54, 1.807) is 18.7 Å². The second-order valence-electron chi connectivity index (χ2n) is 8.68. The molecule has 8 heteroatoms. The molecule has 2 saturated carbocycles. The van der Waals surface area contributed by atoms with Gasteiger partial charge < -0.3 is 9.88 Å². The number of carbonyl (C=O) groups excluding carboxylic acids is 2. The number of benzene rings is 1. The lowest BCUT2D eigenvalue weighted by Gasteiger charge is -2.43. The maximum atomic E-state index is 13.5. The van der Waals surface area contributed by atoms with Crippen molar-refractivity contribution in [1.29, 1.82) is 0 Å². The molecular formula is C21H25N5O2S. The molecule has 1 aromatic carbocycles. The fourth-order valence-corrected chi connectivity index (χ4v) is 4.87. The molecule has 1 N–H and O–H groups in total. The molecule has 29 heavy (non-hydrogen) atoms. The third kappa shape index (κ3) is 3.13. The Balaban J connectivity index is 1.44. The number of carbonyl (C=O) groups is 2. The second kappa shape index (κ2) is 6.58. The number of thioether (sulfide) groups is 1. The van der Waals surface area contributed by atoms with Crippen molar-refractivity contribution in [3.8, 4) is 0 Å². The fraction of sp³-hybridized carbons (Fsp3) is 0.524. The number of fused-ring (bicyclic) bond motifs is 1. The Hall–Kier alpha value is -2.35. The average molecular weight is 412 g/mol. The van der Waals surface area contributed by atoms with Gasteiger partial charge in [-0.25, -0.2) is 0 Å². The van der Waals surface area contributed by atoms with Gasteiger partial charge in [0.25, 0.3) is 0 Å². The van der Waals surface area contributed by atoms with E-state index >= 15 is 0 Å². The summed E-state index contributed by atoms with van der Waals surface area (Å²) in [5, 5.41) is 12.2. The highest BCUT2D eigenvalue weighted by molar-refractivity contribution is 8.00. The summed E-state index contributed by atoms with van der Waals surface area (Å²) >= 11 is 1.45. The molecule has 0 saturated heterocycles. The number of para-hydroxylation sites is 2. The van der Waals surface area contributed by atoms with Crippen LogP contribution in [0.3, 0.4) is 0 Å². The van der Waals surface area contributed by atoms with Gasteiger partial charge in [-0.15, -0.1) is 10.2 Å². The molecule has 2 aromatic rings. The molecule has 0 radical (unpaired) electrons. The van der Waals surface area contributed by atoms with Crippen molar-refractivity contribution in [2.45, 2.75) is 74.4 Å². The summed E-state index contributed by atoms with van der Waals surface area (Å²) in [7, 11) is 0. The molecule has 5 rings (SSSR count). The lowest BCUT2D eigenvalue weighted by atomic mass is 9.96. The SMILES string of the molecule is CC(Sc1nnc(C2CC2)n1C1CC1)C(=O)N1c2ccccc2NC(=O)C1(C)C. The van der Waals surface area contributed by atoms with Crippen molar-refractivity contribution < 1.29 is 9.59 Å². The monoisotopic (exact) mass is 411 g/mol. The normalized spacial score (nSPS) is 21.5. The molecule has 2 heterocycles. The molecule has 7 nitrogen and oxygen atoms in total. The van der Waals surface area contributed by atoms with Gasteiger partial charge in [0.1, 0.15) is 11.4 Å². The first kappa shape index (κ1) is 18.7. The van der Waals surface area contributed by atoms with Crippen LogP contribution >= 0.6 is 11.8 Å². The second-order valence-corrected chi connectivity index (χ2v) is 9.99. The van der Waals surface area contributed by atoms with Gasteiger partial charge in [-0.05, 0) is 58.6 Å². The fourth-order valence-electron chi connectivity index (χ4n) is 3.90. The number of nitrogens with zero attached hydrogens (tertiary/aromatic N) is 4. The highest BCUT2D eigenvalue weighted by atomic mass is 32.2. The zero-order valence-corrected chi connectivity index (χ0v) is 17.7. The Bertz CT molecular complexity index is 993. The Kier molecular flexibility index (Phi) is 4.24. The number of amides is 2. The van der Waals surface area contributed by atoms with Crippen LogP contribution < -0.4 is 10.2 Å². The van der Waals surface area contributed by atoms with Crippen molar-refractivity contribution in [2.75, 3.05) is 10.2 Å². The molecule has 2 amide bonds. The minimum atomic E-state index is -0.969. The van der Waals surface area contributed by atoms with E-state index in [0.29, 0.717) is 17.6 Å². The summed E-state index contributed by atoms with van der Waals surface area (Å²) in [5.41, 5.74) is 0.431. The van der Waals surface area contributed by atoms with Gasteiger partial charge in [0.2, 0.25) is 11.8 Å². The standard InChI is InChI=1S/C21H25N5O2S/c1-12(29-20-24-23-17(13-8-9-13)25(20)14-10-11-14)18(27)26-16-7-5-4-6-15(16)22-19(28)21(26,2)3/h4-7,12-14H,8-11H2,1-3H3,(H,22,28). The molecule has 2 aliphatic carbocycles. The van der Waals surface area contributed by atoms with Crippen LogP contribution in [0.5, 0.6) is 0 Å². The Morgan fingerprint density at radius 3 is 2.62 bits per heavy atom. The van der Waals surface area contributed by atoms with Crippen LogP contribution in [0.4, 0.5) is 11.4 Å². The summed E-state index contributed by atoms with van der Waals surface area (Å²) in [6, 6.07) is 7.92. The summed E-state index contributed by atoms with van der Waals surface area (Å²) in [5.74, 6) is 1.33. The maximum Gasteiger partial charge on any atom is 0.250 e. The molecule has 2 fully saturated rings. The van der Waals surface area contributed by atoms with Crippen LogP contribution in [0.15, 0.2) is 29.4 Å². The molecule has 1 aromatic heterocycles. The number of anilines is 2. The van der Waals surface area contributed by atoms with E-state index in [9.17, 15) is 9.59 Å². The van der Waals surface area contributed by atoms with Crippen LogP contribution in [-0.2, 0) is 9.59 Å². The van der Waals surface area contributed by atoms with Crippen molar-refractivity contribution in [3.63, 3.8) is 0 Å². The molecule has 1 atom stereocenters. The van der Waals surface area contributed by atoms with E-state index in [1.807, 2.05) is 31.2 Å². The van der Waals surface area contributed by atoms with Gasteiger partial charge in [0, 0.05) is 12.0 Å². The zero-order chi connectivity index (χ0) is 20.3. The van der Waals surface area contributed by atoms with Gasteiger partial charge in [-0.2, -0.15) is 0 Å². The summed E-state index contributed by atoms with van der Waals surface area (Å²) in [6.45, 7) is 5.46. The number of nitrogens with one attached hydrogen (secondary N) is 1. The van der Waals surface area contributed by atoms with E-state index in [0.717, 1.165) is 29.5 Å². The minimum absolute atomic E-state index is 0.0966. The van der Waals surface area contributed by atoms with Gasteiger partial charge in [-0.3, -0.25) is 14.5 Å². The molecule has 0 bridgehead atoms. The molecule has 152 valence electrons. The van der Waals surface area contributed by atoms with E-state index in [1.165, 1.54) is 24.6 Å². The van der Waals surface area contributed by atoms with Crippen LogP contribution in [0.25, 0.3) is 0 Å². The predicted octanol–water partition coefficient (Wildman–Crippen LogP) is 3.73. The third-order valence-electron chi connectivity index (χ3n) is 5.90. The Morgan fingerprint density at radius 1 is 1.21 bits per heavy atom. The van der Waals surface area contributed by atoms with Crippen molar-refractivity contribution in [1.82, 2.24) is 14.8 Å². The van der Waals surface area contributed by atoms with Crippen molar-refractivity contribution >= 4 is 35.0 Å². The van der Waals surface area contributed by atoms with Gasteiger partial charge >= 0.3 is 0 Å². The first-order valence-corrected chi connectivity index (χ1v) is 11.1. The lowest BCUT2D eigenvalue weighted by molar-refractivity contribution is -0.126. The molecule has 1 aliphatic heterocycles. The lowest BCUT2D eigenvalue weighted by Crippen LogP contribution is -2.60. The number of aromatic nitrogens is 3. The first-order valence-electron chi connectivity index (χ1n) is 10.2. The van der Waals surface area contributed by atoms with E-state index < -0.39 is 5.54 Å². The van der Waals surface area contributed by atoms with Crippen LogP contribution in [0, 0.1) is 0 Å². The molecular weight excluding hydrogens is 386 g/mol.